The first-order chi connectivity index (χ1) is 11.9. The van der Waals surface area contributed by atoms with Crippen molar-refractivity contribution in [3.8, 4) is 5.75 Å². The van der Waals surface area contributed by atoms with E-state index in [1.54, 1.807) is 0 Å². The number of hydrogen-bond donors (Lipinski definition) is 1. The molecular weight excluding hydrogens is 334 g/mol. The van der Waals surface area contributed by atoms with Gasteiger partial charge in [-0.05, 0) is 24.1 Å². The van der Waals surface area contributed by atoms with Crippen LogP contribution in [0.2, 0.25) is 5.02 Å². The summed E-state index contributed by atoms with van der Waals surface area (Å²) >= 11 is 6.25. The molecule has 2 aromatic carbocycles. The van der Waals surface area contributed by atoms with E-state index in [4.69, 9.17) is 16.3 Å². The molecular formula is C21H27ClNO2+. The van der Waals surface area contributed by atoms with Crippen molar-refractivity contribution in [3.05, 3.63) is 77.3 Å². The maximum absolute atomic E-state index is 10.4. The fraction of sp³-hybridized carbons (Fsp3) is 0.333. The molecule has 0 amide bonds. The molecule has 0 spiro atoms. The highest BCUT2D eigenvalue weighted by Crippen LogP contribution is 2.21. The summed E-state index contributed by atoms with van der Waals surface area (Å²) in [6, 6.07) is 15.7. The SMILES string of the molecule is C=CCc1ccccc1OCC(O)C[N+](C)(C)Cc1ccccc1Cl. The molecule has 0 fully saturated rings. The third-order valence-electron chi connectivity index (χ3n) is 4.03. The van der Waals surface area contributed by atoms with Crippen LogP contribution in [0.1, 0.15) is 11.1 Å². The molecule has 0 aromatic heterocycles. The Morgan fingerprint density at radius 1 is 1.12 bits per heavy atom. The van der Waals surface area contributed by atoms with Crippen molar-refractivity contribution in [2.24, 2.45) is 0 Å². The van der Waals surface area contributed by atoms with Crippen LogP contribution in [0, 0.1) is 0 Å². The Bertz CT molecular complexity index is 700. The van der Waals surface area contributed by atoms with Gasteiger partial charge in [0.05, 0.1) is 14.1 Å². The number of ether oxygens (including phenoxy) is 1. The van der Waals surface area contributed by atoms with Gasteiger partial charge < -0.3 is 14.3 Å². The Kier molecular flexibility index (Phi) is 7.06. The predicted molar refractivity (Wildman–Crippen MR) is 104 cm³/mol. The van der Waals surface area contributed by atoms with Crippen LogP contribution < -0.4 is 4.74 Å². The monoisotopic (exact) mass is 360 g/mol. The first-order valence-corrected chi connectivity index (χ1v) is 8.84. The highest BCUT2D eigenvalue weighted by molar-refractivity contribution is 6.31. The number of allylic oxidation sites excluding steroid dienone is 1. The van der Waals surface area contributed by atoms with Crippen LogP contribution in [0.15, 0.2) is 61.2 Å². The summed E-state index contributed by atoms with van der Waals surface area (Å²) in [5.41, 5.74) is 2.16. The summed E-state index contributed by atoms with van der Waals surface area (Å²) in [7, 11) is 4.16. The minimum atomic E-state index is -0.561. The lowest BCUT2D eigenvalue weighted by Gasteiger charge is -2.32. The molecule has 134 valence electrons. The second-order valence-corrected chi connectivity index (χ2v) is 7.34. The van der Waals surface area contributed by atoms with Crippen LogP contribution in [0.3, 0.4) is 0 Å². The molecule has 0 aliphatic rings. The van der Waals surface area contributed by atoms with Gasteiger partial charge in [-0.3, -0.25) is 0 Å². The molecule has 0 saturated carbocycles. The Morgan fingerprint density at radius 2 is 1.76 bits per heavy atom. The van der Waals surface area contributed by atoms with Crippen molar-refractivity contribution < 1.29 is 14.3 Å². The fourth-order valence-electron chi connectivity index (χ4n) is 2.93. The lowest BCUT2D eigenvalue weighted by molar-refractivity contribution is -0.906. The Balaban J connectivity index is 1.92. The van der Waals surface area contributed by atoms with Gasteiger partial charge in [-0.15, -0.1) is 6.58 Å². The lowest BCUT2D eigenvalue weighted by Crippen LogP contribution is -2.46. The van der Waals surface area contributed by atoms with Crippen molar-refractivity contribution in [1.29, 1.82) is 0 Å². The maximum atomic E-state index is 10.4. The maximum Gasteiger partial charge on any atom is 0.137 e. The summed E-state index contributed by atoms with van der Waals surface area (Å²) in [6.07, 6.45) is 2.04. The number of aliphatic hydroxyl groups is 1. The normalized spacial score (nSPS) is 12.6. The van der Waals surface area contributed by atoms with Crippen LogP contribution in [0.25, 0.3) is 0 Å². The van der Waals surface area contributed by atoms with E-state index in [0.717, 1.165) is 34.9 Å². The zero-order valence-corrected chi connectivity index (χ0v) is 15.7. The Hall–Kier alpha value is -1.81. The van der Waals surface area contributed by atoms with Crippen LogP contribution in [-0.4, -0.2) is 42.9 Å². The Morgan fingerprint density at radius 3 is 2.44 bits per heavy atom. The number of para-hydroxylation sites is 1. The van der Waals surface area contributed by atoms with Gasteiger partial charge in [-0.2, -0.15) is 0 Å². The third-order valence-corrected chi connectivity index (χ3v) is 4.40. The molecule has 0 saturated heterocycles. The van der Waals surface area contributed by atoms with Crippen LogP contribution >= 0.6 is 11.6 Å². The third kappa shape index (κ3) is 6.20. The van der Waals surface area contributed by atoms with Crippen molar-refractivity contribution in [1.82, 2.24) is 0 Å². The zero-order valence-electron chi connectivity index (χ0n) is 15.0. The van der Waals surface area contributed by atoms with Crippen LogP contribution in [-0.2, 0) is 13.0 Å². The van der Waals surface area contributed by atoms with E-state index in [-0.39, 0.29) is 6.61 Å². The van der Waals surface area contributed by atoms with Gasteiger partial charge in [0.25, 0.3) is 0 Å². The molecule has 0 heterocycles. The summed E-state index contributed by atoms with van der Waals surface area (Å²) in [5, 5.41) is 11.2. The average Bonchev–Trinajstić information content (AvgIpc) is 2.56. The number of halogens is 1. The van der Waals surface area contributed by atoms with E-state index >= 15 is 0 Å². The topological polar surface area (TPSA) is 29.5 Å². The van der Waals surface area contributed by atoms with E-state index in [1.807, 2.05) is 54.6 Å². The number of aliphatic hydroxyl groups excluding tert-OH is 1. The molecule has 0 aliphatic carbocycles. The van der Waals surface area contributed by atoms with Gasteiger partial charge >= 0.3 is 0 Å². The molecule has 0 bridgehead atoms. The number of likely N-dealkylation sites (N-methyl/N-ethyl adjacent to an activating group) is 1. The van der Waals surface area contributed by atoms with Gasteiger partial charge in [0, 0.05) is 10.6 Å². The zero-order chi connectivity index (χ0) is 18.3. The van der Waals surface area contributed by atoms with Crippen LogP contribution in [0.4, 0.5) is 0 Å². The Labute approximate surface area is 155 Å². The van der Waals surface area contributed by atoms with Gasteiger partial charge in [-0.1, -0.05) is 54.1 Å². The summed E-state index contributed by atoms with van der Waals surface area (Å²) in [5.74, 6) is 0.804. The van der Waals surface area contributed by atoms with Gasteiger partial charge in [0.15, 0.2) is 0 Å². The quantitative estimate of drug-likeness (QED) is 0.539. The molecule has 1 atom stereocenters. The summed E-state index contributed by atoms with van der Waals surface area (Å²) in [4.78, 5) is 0. The summed E-state index contributed by atoms with van der Waals surface area (Å²) in [6.45, 7) is 5.36. The number of quaternary nitrogens is 1. The second kappa shape index (κ2) is 9.04. The molecule has 0 aliphatic heterocycles. The average molecular weight is 361 g/mol. The van der Waals surface area contributed by atoms with Crippen molar-refractivity contribution in [2.45, 2.75) is 19.1 Å². The molecule has 3 nitrogen and oxygen atoms in total. The predicted octanol–water partition coefficient (Wildman–Crippen LogP) is 4.08. The minimum absolute atomic E-state index is 0.262. The molecule has 1 unspecified atom stereocenters. The lowest BCUT2D eigenvalue weighted by atomic mass is 10.1. The van der Waals surface area contributed by atoms with E-state index in [9.17, 15) is 5.11 Å². The molecule has 4 heteroatoms. The highest BCUT2D eigenvalue weighted by Gasteiger charge is 2.22. The van der Waals surface area contributed by atoms with Crippen molar-refractivity contribution in [3.63, 3.8) is 0 Å². The van der Waals surface area contributed by atoms with Crippen molar-refractivity contribution in [2.75, 3.05) is 27.2 Å². The summed E-state index contributed by atoms with van der Waals surface area (Å²) < 4.78 is 6.47. The smallest absolute Gasteiger partial charge is 0.137 e. The van der Waals surface area contributed by atoms with E-state index in [0.29, 0.717) is 11.0 Å². The van der Waals surface area contributed by atoms with E-state index < -0.39 is 6.10 Å². The fourth-order valence-corrected chi connectivity index (χ4v) is 3.13. The number of hydrogen-bond acceptors (Lipinski definition) is 2. The molecule has 0 radical (unpaired) electrons. The van der Waals surface area contributed by atoms with E-state index in [1.165, 1.54) is 0 Å². The number of benzene rings is 2. The highest BCUT2D eigenvalue weighted by atomic mass is 35.5. The molecule has 2 aromatic rings. The van der Waals surface area contributed by atoms with Gasteiger partial charge in [-0.25, -0.2) is 0 Å². The number of nitrogens with zero attached hydrogens (tertiary/aromatic N) is 1. The first kappa shape index (κ1) is 19.5. The minimum Gasteiger partial charge on any atom is -0.490 e. The second-order valence-electron chi connectivity index (χ2n) is 6.93. The number of rotatable bonds is 9. The molecule has 25 heavy (non-hydrogen) atoms. The van der Waals surface area contributed by atoms with Crippen LogP contribution in [0.5, 0.6) is 5.75 Å². The van der Waals surface area contributed by atoms with Gasteiger partial charge in [0.1, 0.15) is 31.5 Å². The van der Waals surface area contributed by atoms with Gasteiger partial charge in [0.2, 0.25) is 0 Å². The standard InChI is InChI=1S/C21H27ClNO2/c1-4-9-17-10-6-8-13-21(17)25-16-19(24)15-23(2,3)14-18-11-5-7-12-20(18)22/h4-8,10-13,19,24H,1,9,14-16H2,2-3H3/q+1. The molecule has 1 N–H and O–H groups in total. The largest absolute Gasteiger partial charge is 0.490 e. The van der Waals surface area contributed by atoms with Crippen molar-refractivity contribution >= 4 is 11.6 Å². The first-order valence-electron chi connectivity index (χ1n) is 8.46. The molecule has 2 rings (SSSR count). The van der Waals surface area contributed by atoms with E-state index in [2.05, 4.69) is 20.7 Å².